The molecule has 0 aromatic heterocycles. The second-order valence-corrected chi connectivity index (χ2v) is 9.70. The minimum Gasteiger partial charge on any atom is -0.483 e. The van der Waals surface area contributed by atoms with Crippen molar-refractivity contribution < 1.29 is 14.3 Å². The Labute approximate surface area is 204 Å². The lowest BCUT2D eigenvalue weighted by Crippen LogP contribution is -2.52. The molecule has 5 nitrogen and oxygen atoms in total. The molecule has 34 heavy (non-hydrogen) atoms. The quantitative estimate of drug-likeness (QED) is 0.487. The van der Waals surface area contributed by atoms with Gasteiger partial charge < -0.3 is 15.0 Å². The predicted molar refractivity (Wildman–Crippen MR) is 137 cm³/mol. The van der Waals surface area contributed by atoms with E-state index in [2.05, 4.69) is 19.2 Å². The number of aryl methyl sites for hydroxylation is 1. The number of para-hydroxylation sites is 1. The van der Waals surface area contributed by atoms with Crippen molar-refractivity contribution in [2.45, 2.75) is 90.8 Å². The minimum atomic E-state index is -0.530. The Morgan fingerprint density at radius 2 is 1.71 bits per heavy atom. The molecule has 0 spiro atoms. The number of carbonyl (C=O) groups is 2. The van der Waals surface area contributed by atoms with E-state index in [4.69, 9.17) is 4.74 Å². The number of nitrogens with zero attached hydrogens (tertiary/aromatic N) is 1. The molecular formula is C29H40N2O3. The van der Waals surface area contributed by atoms with Gasteiger partial charge >= 0.3 is 0 Å². The van der Waals surface area contributed by atoms with Gasteiger partial charge in [0, 0.05) is 12.6 Å². The molecule has 3 rings (SSSR count). The van der Waals surface area contributed by atoms with Gasteiger partial charge in [-0.05, 0) is 54.9 Å². The molecule has 5 heteroatoms. The highest BCUT2D eigenvalue weighted by atomic mass is 16.5. The highest BCUT2D eigenvalue weighted by Crippen LogP contribution is 2.26. The summed E-state index contributed by atoms with van der Waals surface area (Å²) in [5, 5.41) is 3.23. The van der Waals surface area contributed by atoms with Gasteiger partial charge in [0.15, 0.2) is 6.61 Å². The van der Waals surface area contributed by atoms with Crippen LogP contribution in [0.4, 0.5) is 0 Å². The molecule has 1 atom stereocenters. The van der Waals surface area contributed by atoms with E-state index < -0.39 is 6.04 Å². The van der Waals surface area contributed by atoms with Crippen molar-refractivity contribution in [3.63, 3.8) is 0 Å². The lowest BCUT2D eigenvalue weighted by atomic mass is 9.95. The smallest absolute Gasteiger partial charge is 0.261 e. The van der Waals surface area contributed by atoms with E-state index in [0.29, 0.717) is 18.9 Å². The molecule has 0 radical (unpaired) electrons. The van der Waals surface area contributed by atoms with Gasteiger partial charge in [-0.1, -0.05) is 82.5 Å². The van der Waals surface area contributed by atoms with Crippen LogP contribution in [0.15, 0.2) is 48.5 Å². The van der Waals surface area contributed by atoms with Gasteiger partial charge in [-0.2, -0.15) is 0 Å². The lowest BCUT2D eigenvalue weighted by Gasteiger charge is -2.33. The van der Waals surface area contributed by atoms with Crippen LogP contribution in [0.5, 0.6) is 5.75 Å². The number of nitrogens with one attached hydrogen (secondary N) is 1. The standard InChI is InChI=1S/C29H40N2O3/c1-5-26(29(33)30-24-15-7-6-8-16-24)31(19-23-14-10-9-13-22(23)4)28(32)20-34-27-18-12-11-17-25(27)21(2)3/h9-14,17-18,21,24,26H,5-8,15-16,19-20H2,1-4H3,(H,30,33)/t26-/m0/s1. The number of benzene rings is 2. The minimum absolute atomic E-state index is 0.0566. The van der Waals surface area contributed by atoms with Gasteiger partial charge in [0.25, 0.3) is 5.91 Å². The number of ether oxygens (including phenoxy) is 1. The zero-order valence-corrected chi connectivity index (χ0v) is 21.2. The normalized spacial score (nSPS) is 15.1. The van der Waals surface area contributed by atoms with E-state index >= 15 is 0 Å². The van der Waals surface area contributed by atoms with Crippen molar-refractivity contribution in [2.75, 3.05) is 6.61 Å². The summed E-state index contributed by atoms with van der Waals surface area (Å²) in [7, 11) is 0. The Hall–Kier alpha value is -2.82. The summed E-state index contributed by atoms with van der Waals surface area (Å²) in [5.41, 5.74) is 3.22. The monoisotopic (exact) mass is 464 g/mol. The van der Waals surface area contributed by atoms with Gasteiger partial charge in [0.2, 0.25) is 5.91 Å². The lowest BCUT2D eigenvalue weighted by molar-refractivity contribution is -0.143. The topological polar surface area (TPSA) is 58.6 Å². The van der Waals surface area contributed by atoms with Crippen molar-refractivity contribution in [3.8, 4) is 5.75 Å². The molecule has 0 saturated heterocycles. The third kappa shape index (κ3) is 6.85. The van der Waals surface area contributed by atoms with Crippen LogP contribution in [-0.4, -0.2) is 35.4 Å². The van der Waals surface area contributed by atoms with E-state index in [1.54, 1.807) is 4.90 Å². The van der Waals surface area contributed by atoms with E-state index in [0.717, 1.165) is 48.1 Å². The average Bonchev–Trinajstić information content (AvgIpc) is 2.84. The summed E-state index contributed by atoms with van der Waals surface area (Å²) in [4.78, 5) is 28.6. The third-order valence-electron chi connectivity index (χ3n) is 6.83. The zero-order chi connectivity index (χ0) is 24.5. The summed E-state index contributed by atoms with van der Waals surface area (Å²) >= 11 is 0. The van der Waals surface area contributed by atoms with Gasteiger partial charge in [0.1, 0.15) is 11.8 Å². The Morgan fingerprint density at radius 1 is 1.03 bits per heavy atom. The maximum atomic E-state index is 13.5. The average molecular weight is 465 g/mol. The molecule has 2 aromatic carbocycles. The van der Waals surface area contributed by atoms with Crippen LogP contribution in [-0.2, 0) is 16.1 Å². The van der Waals surface area contributed by atoms with E-state index in [-0.39, 0.29) is 24.5 Å². The molecule has 1 aliphatic rings. The molecule has 1 N–H and O–H groups in total. The molecule has 1 fully saturated rings. The molecule has 0 aliphatic heterocycles. The largest absolute Gasteiger partial charge is 0.483 e. The first kappa shape index (κ1) is 25.8. The van der Waals surface area contributed by atoms with Crippen molar-refractivity contribution in [2.24, 2.45) is 0 Å². The van der Waals surface area contributed by atoms with Crippen molar-refractivity contribution >= 4 is 11.8 Å². The Balaban J connectivity index is 1.79. The first-order valence-electron chi connectivity index (χ1n) is 12.8. The van der Waals surface area contributed by atoms with Crippen LogP contribution in [0.2, 0.25) is 0 Å². The Kier molecular flexibility index (Phi) is 9.55. The second-order valence-electron chi connectivity index (χ2n) is 9.70. The first-order valence-corrected chi connectivity index (χ1v) is 12.8. The van der Waals surface area contributed by atoms with Crippen LogP contribution in [0.1, 0.15) is 81.9 Å². The SMILES string of the molecule is CC[C@@H](C(=O)NC1CCCCC1)N(Cc1ccccc1C)C(=O)COc1ccccc1C(C)C. The number of hydrogen-bond acceptors (Lipinski definition) is 3. The summed E-state index contributed by atoms with van der Waals surface area (Å²) in [6.07, 6.45) is 6.12. The summed E-state index contributed by atoms with van der Waals surface area (Å²) in [6, 6.07) is 15.5. The maximum absolute atomic E-state index is 13.5. The molecule has 184 valence electrons. The van der Waals surface area contributed by atoms with Crippen LogP contribution in [0, 0.1) is 6.92 Å². The molecule has 0 heterocycles. The fraction of sp³-hybridized carbons (Fsp3) is 0.517. The van der Waals surface area contributed by atoms with E-state index in [9.17, 15) is 9.59 Å². The molecule has 0 bridgehead atoms. The Bertz CT molecular complexity index is 950. The fourth-order valence-corrected chi connectivity index (χ4v) is 4.75. The first-order chi connectivity index (χ1) is 16.4. The maximum Gasteiger partial charge on any atom is 0.261 e. The van der Waals surface area contributed by atoms with Gasteiger partial charge in [0.05, 0.1) is 0 Å². The third-order valence-corrected chi connectivity index (χ3v) is 6.83. The summed E-state index contributed by atoms with van der Waals surface area (Å²) < 4.78 is 6.01. The van der Waals surface area contributed by atoms with E-state index in [1.807, 2.05) is 62.4 Å². The molecule has 2 amide bonds. The summed E-state index contributed by atoms with van der Waals surface area (Å²) in [5.74, 6) is 0.784. The van der Waals surface area contributed by atoms with Crippen LogP contribution in [0.3, 0.4) is 0 Å². The predicted octanol–water partition coefficient (Wildman–Crippen LogP) is 5.75. The Morgan fingerprint density at radius 3 is 2.38 bits per heavy atom. The molecular weight excluding hydrogens is 424 g/mol. The van der Waals surface area contributed by atoms with Gasteiger partial charge in [-0.25, -0.2) is 0 Å². The van der Waals surface area contributed by atoms with E-state index in [1.165, 1.54) is 6.42 Å². The highest BCUT2D eigenvalue weighted by Gasteiger charge is 2.31. The molecule has 2 aromatic rings. The fourth-order valence-electron chi connectivity index (χ4n) is 4.75. The number of hydrogen-bond donors (Lipinski definition) is 1. The zero-order valence-electron chi connectivity index (χ0n) is 21.2. The molecule has 0 unspecified atom stereocenters. The van der Waals surface area contributed by atoms with Crippen molar-refractivity contribution in [1.82, 2.24) is 10.2 Å². The van der Waals surface area contributed by atoms with Crippen molar-refractivity contribution in [1.29, 1.82) is 0 Å². The number of carbonyl (C=O) groups excluding carboxylic acids is 2. The van der Waals surface area contributed by atoms with Crippen LogP contribution < -0.4 is 10.1 Å². The second kappa shape index (κ2) is 12.6. The van der Waals surface area contributed by atoms with Crippen LogP contribution in [0.25, 0.3) is 0 Å². The van der Waals surface area contributed by atoms with Gasteiger partial charge in [-0.3, -0.25) is 9.59 Å². The summed E-state index contributed by atoms with van der Waals surface area (Å²) in [6.45, 7) is 8.52. The van der Waals surface area contributed by atoms with Crippen molar-refractivity contribution in [3.05, 3.63) is 65.2 Å². The highest BCUT2D eigenvalue weighted by molar-refractivity contribution is 5.88. The molecule has 1 saturated carbocycles. The molecule has 1 aliphatic carbocycles. The van der Waals surface area contributed by atoms with Crippen LogP contribution >= 0.6 is 0 Å². The number of rotatable bonds is 10. The van der Waals surface area contributed by atoms with Gasteiger partial charge in [-0.15, -0.1) is 0 Å². The number of amides is 2.